The third kappa shape index (κ3) is 4.56. The van der Waals surface area contributed by atoms with Crippen molar-refractivity contribution in [2.75, 3.05) is 6.61 Å². The number of oxazole rings is 1. The minimum absolute atomic E-state index is 0.148. The summed E-state index contributed by atoms with van der Waals surface area (Å²) in [5, 5.41) is 0.831. The Morgan fingerprint density at radius 2 is 1.80 bits per heavy atom. The first-order valence-corrected chi connectivity index (χ1v) is 8.90. The van der Waals surface area contributed by atoms with Gasteiger partial charge in [0.15, 0.2) is 0 Å². The number of benzene rings is 2. The van der Waals surface area contributed by atoms with Gasteiger partial charge in [0.05, 0.1) is 6.61 Å². The molecule has 0 radical (unpaired) electrons. The predicted octanol–water partition coefficient (Wildman–Crippen LogP) is 6.28. The summed E-state index contributed by atoms with van der Waals surface area (Å²) in [7, 11) is 0. The number of rotatable bonds is 6. The van der Waals surface area contributed by atoms with Crippen LogP contribution in [0.25, 0.3) is 11.3 Å². The molecule has 0 amide bonds. The number of aromatic nitrogens is 1. The van der Waals surface area contributed by atoms with E-state index < -0.39 is 0 Å². The first-order valence-electron chi connectivity index (χ1n) is 8.14. The second-order valence-corrected chi connectivity index (χ2v) is 6.73. The largest absolute Gasteiger partial charge is 0.493 e. The van der Waals surface area contributed by atoms with Crippen LogP contribution < -0.4 is 4.74 Å². The van der Waals surface area contributed by atoms with E-state index in [2.05, 4.69) is 31.0 Å². The molecule has 0 saturated carbocycles. The molecule has 1 heterocycles. The SMILES string of the molecule is Cc1ccc(OCCCc2oc(Cl)nc2-c2ccc(Cl)cc2)c(C)c1. The van der Waals surface area contributed by atoms with Crippen molar-refractivity contribution in [3.05, 3.63) is 69.7 Å². The lowest BCUT2D eigenvalue weighted by molar-refractivity contribution is 0.304. The summed E-state index contributed by atoms with van der Waals surface area (Å²) in [5.41, 5.74) is 4.07. The Kier molecular flexibility index (Phi) is 5.67. The molecule has 25 heavy (non-hydrogen) atoms. The van der Waals surface area contributed by atoms with Crippen LogP contribution in [0.5, 0.6) is 5.75 Å². The second kappa shape index (κ2) is 7.94. The highest BCUT2D eigenvalue weighted by Crippen LogP contribution is 2.28. The highest BCUT2D eigenvalue weighted by molar-refractivity contribution is 6.30. The van der Waals surface area contributed by atoms with Crippen LogP contribution in [0.15, 0.2) is 46.9 Å². The van der Waals surface area contributed by atoms with Crippen LogP contribution in [0.1, 0.15) is 23.3 Å². The van der Waals surface area contributed by atoms with E-state index in [0.29, 0.717) is 18.1 Å². The van der Waals surface area contributed by atoms with E-state index in [1.54, 1.807) is 0 Å². The molecule has 0 saturated heterocycles. The van der Waals surface area contributed by atoms with Gasteiger partial charge in [-0.15, -0.1) is 0 Å². The molecule has 0 bridgehead atoms. The van der Waals surface area contributed by atoms with Crippen LogP contribution in [-0.2, 0) is 6.42 Å². The average molecular weight is 376 g/mol. The first kappa shape index (κ1) is 17.8. The Labute approximate surface area is 157 Å². The summed E-state index contributed by atoms with van der Waals surface area (Å²) in [5.74, 6) is 1.68. The second-order valence-electron chi connectivity index (χ2n) is 5.97. The van der Waals surface area contributed by atoms with Gasteiger partial charge in [-0.3, -0.25) is 0 Å². The van der Waals surface area contributed by atoms with Gasteiger partial charge in [-0.05, 0) is 55.6 Å². The molecule has 0 aliphatic carbocycles. The smallest absolute Gasteiger partial charge is 0.292 e. The maximum absolute atomic E-state index is 5.96. The van der Waals surface area contributed by atoms with Crippen molar-refractivity contribution in [1.29, 1.82) is 0 Å². The third-order valence-electron chi connectivity index (χ3n) is 3.93. The monoisotopic (exact) mass is 375 g/mol. The number of ether oxygens (including phenoxy) is 1. The first-order chi connectivity index (χ1) is 12.0. The molecule has 130 valence electrons. The topological polar surface area (TPSA) is 35.3 Å². The zero-order valence-corrected chi connectivity index (χ0v) is 15.7. The molecule has 0 aliphatic rings. The van der Waals surface area contributed by atoms with Crippen molar-refractivity contribution < 1.29 is 9.15 Å². The number of hydrogen-bond donors (Lipinski definition) is 0. The van der Waals surface area contributed by atoms with Crippen molar-refractivity contribution >= 4 is 23.2 Å². The molecule has 3 rings (SSSR count). The van der Waals surface area contributed by atoms with E-state index in [1.165, 1.54) is 5.56 Å². The maximum Gasteiger partial charge on any atom is 0.292 e. The third-order valence-corrected chi connectivity index (χ3v) is 4.34. The van der Waals surface area contributed by atoms with Gasteiger partial charge in [-0.1, -0.05) is 41.4 Å². The predicted molar refractivity (Wildman–Crippen MR) is 102 cm³/mol. The summed E-state index contributed by atoms with van der Waals surface area (Å²) < 4.78 is 11.4. The molecule has 5 heteroatoms. The van der Waals surface area contributed by atoms with E-state index in [-0.39, 0.29) is 5.35 Å². The Bertz CT molecular complexity index is 857. The highest BCUT2D eigenvalue weighted by atomic mass is 35.5. The molecule has 3 nitrogen and oxygen atoms in total. The summed E-state index contributed by atoms with van der Waals surface area (Å²) in [4.78, 5) is 4.29. The van der Waals surface area contributed by atoms with Crippen LogP contribution in [0.3, 0.4) is 0 Å². The van der Waals surface area contributed by atoms with Crippen LogP contribution in [-0.4, -0.2) is 11.6 Å². The number of nitrogens with zero attached hydrogens (tertiary/aromatic N) is 1. The zero-order valence-electron chi connectivity index (χ0n) is 14.2. The molecule has 0 atom stereocenters. The van der Waals surface area contributed by atoms with Gasteiger partial charge >= 0.3 is 0 Å². The molecule has 2 aromatic carbocycles. The van der Waals surface area contributed by atoms with Gasteiger partial charge in [-0.2, -0.15) is 4.98 Å². The van der Waals surface area contributed by atoms with Gasteiger partial charge < -0.3 is 9.15 Å². The van der Waals surface area contributed by atoms with Gasteiger partial charge in [0.25, 0.3) is 5.35 Å². The minimum Gasteiger partial charge on any atom is -0.493 e. The van der Waals surface area contributed by atoms with E-state index in [4.69, 9.17) is 32.4 Å². The summed E-state index contributed by atoms with van der Waals surface area (Å²) >= 11 is 11.9. The normalized spacial score (nSPS) is 10.9. The molecular formula is C20H19Cl2NO2. The van der Waals surface area contributed by atoms with Crippen LogP contribution in [0.4, 0.5) is 0 Å². The molecule has 0 spiro atoms. The molecule has 1 aromatic heterocycles. The minimum atomic E-state index is 0.148. The molecule has 0 fully saturated rings. The van der Waals surface area contributed by atoms with Crippen molar-refractivity contribution in [1.82, 2.24) is 4.98 Å². The molecule has 0 unspecified atom stereocenters. The van der Waals surface area contributed by atoms with Gasteiger partial charge in [0, 0.05) is 17.0 Å². The fourth-order valence-electron chi connectivity index (χ4n) is 2.70. The summed E-state index contributed by atoms with van der Waals surface area (Å²) in [6, 6.07) is 13.6. The van der Waals surface area contributed by atoms with E-state index >= 15 is 0 Å². The number of halogens is 2. The lowest BCUT2D eigenvalue weighted by atomic mass is 10.1. The summed E-state index contributed by atoms with van der Waals surface area (Å²) in [6.45, 7) is 4.72. The lowest BCUT2D eigenvalue weighted by Gasteiger charge is -2.09. The fourth-order valence-corrected chi connectivity index (χ4v) is 3.01. The number of hydrogen-bond acceptors (Lipinski definition) is 3. The van der Waals surface area contributed by atoms with Gasteiger partial charge in [-0.25, -0.2) is 0 Å². The standard InChI is InChI=1S/C20H19Cl2NO2/c1-13-5-10-17(14(2)12-13)24-11-3-4-18-19(23-20(22)25-18)15-6-8-16(21)9-7-15/h5-10,12H,3-4,11H2,1-2H3. The highest BCUT2D eigenvalue weighted by Gasteiger charge is 2.14. The van der Waals surface area contributed by atoms with Crippen LogP contribution in [0, 0.1) is 13.8 Å². The van der Waals surface area contributed by atoms with E-state index in [9.17, 15) is 0 Å². The Balaban J connectivity index is 1.63. The average Bonchev–Trinajstić information content (AvgIpc) is 2.94. The van der Waals surface area contributed by atoms with Gasteiger partial charge in [0.2, 0.25) is 0 Å². The Morgan fingerprint density at radius 3 is 2.52 bits per heavy atom. The number of aryl methyl sites for hydroxylation is 3. The van der Waals surface area contributed by atoms with E-state index in [0.717, 1.165) is 34.8 Å². The van der Waals surface area contributed by atoms with Crippen molar-refractivity contribution in [2.45, 2.75) is 26.7 Å². The fraction of sp³-hybridized carbons (Fsp3) is 0.250. The molecular weight excluding hydrogens is 357 g/mol. The Morgan fingerprint density at radius 1 is 1.04 bits per heavy atom. The summed E-state index contributed by atoms with van der Waals surface area (Å²) in [6.07, 6.45) is 1.50. The molecule has 3 aromatic rings. The van der Waals surface area contributed by atoms with Crippen LogP contribution >= 0.6 is 23.2 Å². The molecule has 0 N–H and O–H groups in total. The maximum atomic E-state index is 5.96. The molecule has 0 aliphatic heterocycles. The van der Waals surface area contributed by atoms with Crippen LogP contribution in [0.2, 0.25) is 10.4 Å². The van der Waals surface area contributed by atoms with Crippen molar-refractivity contribution in [3.8, 4) is 17.0 Å². The quantitative estimate of drug-likeness (QED) is 0.475. The lowest BCUT2D eigenvalue weighted by Crippen LogP contribution is -2.01. The van der Waals surface area contributed by atoms with E-state index in [1.807, 2.05) is 30.3 Å². The van der Waals surface area contributed by atoms with Crippen molar-refractivity contribution in [2.24, 2.45) is 0 Å². The Hall–Kier alpha value is -1.97. The van der Waals surface area contributed by atoms with Gasteiger partial charge in [0.1, 0.15) is 17.2 Å². The van der Waals surface area contributed by atoms with Crippen molar-refractivity contribution in [3.63, 3.8) is 0 Å². The zero-order chi connectivity index (χ0) is 17.8.